The van der Waals surface area contributed by atoms with E-state index in [0.717, 1.165) is 12.2 Å². The average Bonchev–Trinajstić information content (AvgIpc) is 2.05. The van der Waals surface area contributed by atoms with Gasteiger partial charge < -0.3 is 0 Å². The Balaban J connectivity index is 0. The smallest absolute Gasteiger partial charge is 0.166 e. The van der Waals surface area contributed by atoms with Crippen molar-refractivity contribution in [3.05, 3.63) is 23.8 Å². The van der Waals surface area contributed by atoms with Gasteiger partial charge in [0.1, 0.15) is 0 Å². The number of halogens is 3. The minimum Gasteiger partial charge on any atom is -0.166 e. The summed E-state index contributed by atoms with van der Waals surface area (Å²) >= 11 is 0. The number of rotatable bonds is 2. The third-order valence-corrected chi connectivity index (χ3v) is 1.17. The van der Waals surface area contributed by atoms with Crippen LogP contribution in [0.15, 0.2) is 23.8 Å². The maximum atomic E-state index is 11.9. The summed E-state index contributed by atoms with van der Waals surface area (Å²) in [5.74, 6) is 2.25. The fourth-order valence-corrected chi connectivity index (χ4v) is 0.599. The molecule has 0 fully saturated rings. The van der Waals surface area contributed by atoms with E-state index < -0.39 is 11.7 Å². The minimum absolute atomic E-state index is 0.584. The second kappa shape index (κ2) is 8.43. The molecule has 0 heterocycles. The van der Waals surface area contributed by atoms with E-state index in [0.29, 0.717) is 6.42 Å². The van der Waals surface area contributed by atoms with E-state index in [1.807, 2.05) is 0 Å². The fraction of sp³-hybridized carbons (Fsp3) is 0.455. The van der Waals surface area contributed by atoms with Gasteiger partial charge in [-0.2, -0.15) is 13.2 Å². The summed E-state index contributed by atoms with van der Waals surface area (Å²) in [6.45, 7) is 4.82. The fourth-order valence-electron chi connectivity index (χ4n) is 0.599. The maximum Gasteiger partial charge on any atom is 0.416 e. The molecule has 0 radical (unpaired) electrons. The minimum atomic E-state index is -4.21. The molecule has 3 heteroatoms. The van der Waals surface area contributed by atoms with E-state index in [9.17, 15) is 13.2 Å². The van der Waals surface area contributed by atoms with Gasteiger partial charge in [0, 0.05) is 0 Å². The maximum absolute atomic E-state index is 11.9. The Morgan fingerprint density at radius 2 is 1.86 bits per heavy atom. The monoisotopic (exact) mass is 204 g/mol. The molecule has 0 unspecified atom stereocenters. The van der Waals surface area contributed by atoms with E-state index in [1.54, 1.807) is 13.8 Å². The molecule has 0 nitrogen and oxygen atoms in total. The van der Waals surface area contributed by atoms with Crippen LogP contribution in [0.2, 0.25) is 0 Å². The molecule has 80 valence electrons. The lowest BCUT2D eigenvalue weighted by Gasteiger charge is -2.05. The van der Waals surface area contributed by atoms with Crippen LogP contribution in [0.1, 0.15) is 27.2 Å². The number of allylic oxidation sites excluding steroid dienone is 4. The van der Waals surface area contributed by atoms with Gasteiger partial charge >= 0.3 is 6.18 Å². The number of hydrogen-bond donors (Lipinski definition) is 0. The van der Waals surface area contributed by atoms with E-state index in [-0.39, 0.29) is 0 Å². The summed E-state index contributed by atoms with van der Waals surface area (Å²) in [6.07, 6.45) is 4.66. The normalized spacial score (nSPS) is 11.9. The van der Waals surface area contributed by atoms with Gasteiger partial charge in [0.05, 0.1) is 5.57 Å². The quantitative estimate of drug-likeness (QED) is 0.469. The molecule has 0 aliphatic heterocycles. The molecular weight excluding hydrogens is 189 g/mol. The second-order valence-electron chi connectivity index (χ2n) is 2.34. The van der Waals surface area contributed by atoms with E-state index in [4.69, 9.17) is 0 Å². The summed E-state index contributed by atoms with van der Waals surface area (Å²) in [7, 11) is 0. The van der Waals surface area contributed by atoms with Crippen molar-refractivity contribution in [1.29, 1.82) is 0 Å². The molecule has 0 rings (SSSR count). The molecular formula is C11H15F3. The van der Waals surface area contributed by atoms with Crippen LogP contribution in [-0.4, -0.2) is 6.18 Å². The zero-order valence-electron chi connectivity index (χ0n) is 8.65. The summed E-state index contributed by atoms with van der Waals surface area (Å²) in [6, 6.07) is 0. The predicted molar refractivity (Wildman–Crippen MR) is 53.8 cm³/mol. The van der Waals surface area contributed by atoms with Crippen molar-refractivity contribution in [1.82, 2.24) is 0 Å². The van der Waals surface area contributed by atoms with Crippen molar-refractivity contribution >= 4 is 0 Å². The highest BCUT2D eigenvalue weighted by Gasteiger charge is 2.30. The van der Waals surface area contributed by atoms with E-state index in [2.05, 4.69) is 12.3 Å². The van der Waals surface area contributed by atoms with Crippen LogP contribution in [0.25, 0.3) is 0 Å². The second-order valence-corrected chi connectivity index (χ2v) is 2.34. The zero-order valence-corrected chi connectivity index (χ0v) is 8.65. The summed E-state index contributed by atoms with van der Waals surface area (Å²) in [5.41, 5.74) is -0.584. The first-order chi connectivity index (χ1) is 6.43. The molecule has 0 spiro atoms. The first-order valence-corrected chi connectivity index (χ1v) is 4.21. The van der Waals surface area contributed by atoms with Gasteiger partial charge in [-0.25, -0.2) is 0 Å². The Morgan fingerprint density at radius 1 is 1.43 bits per heavy atom. The molecule has 0 atom stereocenters. The lowest BCUT2D eigenvalue weighted by atomic mass is 10.2. The molecule has 0 aromatic heterocycles. The van der Waals surface area contributed by atoms with Crippen LogP contribution in [-0.2, 0) is 0 Å². The summed E-state index contributed by atoms with van der Waals surface area (Å²) in [4.78, 5) is 0. The molecule has 0 bridgehead atoms. The zero-order chi connectivity index (χ0) is 11.6. The standard InChI is InChI=1S/C8H11F3.C3H4/c1-3-5-6-7(4-2)8(9,10)11;1-3-2/h4-6H,3H2,1-2H3;1H,2H3/b6-5-,7-4+;. The van der Waals surface area contributed by atoms with Crippen molar-refractivity contribution in [3.8, 4) is 12.3 Å². The molecule has 0 saturated carbocycles. The van der Waals surface area contributed by atoms with E-state index >= 15 is 0 Å². The highest BCUT2D eigenvalue weighted by atomic mass is 19.4. The molecule has 0 aromatic carbocycles. The molecule has 14 heavy (non-hydrogen) atoms. The predicted octanol–water partition coefficient (Wildman–Crippen LogP) is 4.10. The van der Waals surface area contributed by atoms with Crippen molar-refractivity contribution < 1.29 is 13.2 Å². The number of alkyl halides is 3. The number of hydrogen-bond acceptors (Lipinski definition) is 0. The Kier molecular flexibility index (Phi) is 9.22. The van der Waals surface area contributed by atoms with Gasteiger partial charge in [0.2, 0.25) is 0 Å². The van der Waals surface area contributed by atoms with Gasteiger partial charge in [0.15, 0.2) is 0 Å². The van der Waals surface area contributed by atoms with Crippen molar-refractivity contribution in [2.45, 2.75) is 33.4 Å². The average molecular weight is 204 g/mol. The Morgan fingerprint density at radius 3 is 2.07 bits per heavy atom. The van der Waals surface area contributed by atoms with Crippen molar-refractivity contribution in [3.63, 3.8) is 0 Å². The first kappa shape index (κ1) is 15.3. The van der Waals surface area contributed by atoms with E-state index in [1.165, 1.54) is 13.0 Å². The summed E-state index contributed by atoms with van der Waals surface area (Å²) in [5, 5.41) is 0. The Bertz CT molecular complexity index is 226. The van der Waals surface area contributed by atoms with Gasteiger partial charge in [-0.15, -0.1) is 12.3 Å². The SMILES string of the molecule is C#CC.C/C=C(\C=C/CC)C(F)(F)F. The number of terminal acetylenes is 1. The van der Waals surface area contributed by atoms with Crippen LogP contribution in [0.5, 0.6) is 0 Å². The molecule has 0 N–H and O–H groups in total. The molecule has 0 aromatic rings. The van der Waals surface area contributed by atoms with Crippen molar-refractivity contribution in [2.24, 2.45) is 0 Å². The largest absolute Gasteiger partial charge is 0.416 e. The topological polar surface area (TPSA) is 0 Å². The molecule has 0 aliphatic carbocycles. The Labute approximate surface area is 83.5 Å². The van der Waals surface area contributed by atoms with Crippen LogP contribution in [0, 0.1) is 12.3 Å². The van der Waals surface area contributed by atoms with Crippen LogP contribution in [0.4, 0.5) is 13.2 Å². The highest BCUT2D eigenvalue weighted by Crippen LogP contribution is 2.26. The first-order valence-electron chi connectivity index (χ1n) is 4.21. The lowest BCUT2D eigenvalue weighted by Crippen LogP contribution is -2.09. The van der Waals surface area contributed by atoms with Crippen LogP contribution >= 0.6 is 0 Å². The van der Waals surface area contributed by atoms with Gasteiger partial charge in [-0.05, 0) is 20.3 Å². The third kappa shape index (κ3) is 8.92. The molecule has 0 aliphatic rings. The highest BCUT2D eigenvalue weighted by molar-refractivity contribution is 5.22. The van der Waals surface area contributed by atoms with Gasteiger partial charge in [-0.3, -0.25) is 0 Å². The van der Waals surface area contributed by atoms with Crippen LogP contribution in [0.3, 0.4) is 0 Å². The summed E-state index contributed by atoms with van der Waals surface area (Å²) < 4.78 is 35.8. The lowest BCUT2D eigenvalue weighted by molar-refractivity contribution is -0.0883. The van der Waals surface area contributed by atoms with Crippen LogP contribution < -0.4 is 0 Å². The third-order valence-electron chi connectivity index (χ3n) is 1.17. The molecule has 0 amide bonds. The Hall–Kier alpha value is -1.17. The molecule has 0 saturated heterocycles. The van der Waals surface area contributed by atoms with Gasteiger partial charge in [0.25, 0.3) is 0 Å². The van der Waals surface area contributed by atoms with Crippen molar-refractivity contribution in [2.75, 3.05) is 0 Å². The van der Waals surface area contributed by atoms with Gasteiger partial charge in [-0.1, -0.05) is 25.2 Å².